The summed E-state index contributed by atoms with van der Waals surface area (Å²) in [5, 5.41) is 19.1. The van der Waals surface area contributed by atoms with E-state index in [0.29, 0.717) is 16.7 Å². The van der Waals surface area contributed by atoms with Crippen LogP contribution in [-0.2, 0) is 0 Å². The number of benzene rings is 2. The Hall–Kier alpha value is -2.92. The number of carbonyl (C=O) groups is 2. The first-order valence-corrected chi connectivity index (χ1v) is 8.03. The Labute approximate surface area is 142 Å². The number of rotatable bonds is 4. The van der Waals surface area contributed by atoms with E-state index in [1.165, 1.54) is 17.4 Å². The topological polar surface area (TPSA) is 74.6 Å². The lowest BCUT2D eigenvalue weighted by atomic mass is 9.97. The number of aldehydes is 2. The van der Waals surface area contributed by atoms with E-state index < -0.39 is 0 Å². The molecule has 0 unspecified atom stereocenters. The number of hydrogen-bond donors (Lipinski definition) is 2. The van der Waals surface area contributed by atoms with Crippen LogP contribution in [-0.4, -0.2) is 22.8 Å². The minimum Gasteiger partial charge on any atom is -0.508 e. The highest BCUT2D eigenvalue weighted by Gasteiger charge is 2.18. The molecule has 0 aliphatic heterocycles. The molecule has 2 N–H and O–H groups in total. The normalized spacial score (nSPS) is 10.5. The first-order valence-electron chi connectivity index (χ1n) is 7.21. The Morgan fingerprint density at radius 3 is 2.21 bits per heavy atom. The van der Waals surface area contributed by atoms with Crippen LogP contribution in [0.15, 0.2) is 42.5 Å². The molecule has 3 aromatic rings. The highest BCUT2D eigenvalue weighted by Crippen LogP contribution is 2.42. The van der Waals surface area contributed by atoms with E-state index in [1.807, 2.05) is 6.92 Å². The Morgan fingerprint density at radius 1 is 0.917 bits per heavy atom. The fourth-order valence-corrected chi connectivity index (χ4v) is 3.82. The van der Waals surface area contributed by atoms with E-state index in [1.54, 1.807) is 36.4 Å². The third-order valence-electron chi connectivity index (χ3n) is 3.85. The van der Waals surface area contributed by atoms with Crippen molar-refractivity contribution in [2.24, 2.45) is 0 Å². The summed E-state index contributed by atoms with van der Waals surface area (Å²) in [5.74, 6) is 0.0889. The van der Waals surface area contributed by atoms with Crippen LogP contribution < -0.4 is 0 Å². The Bertz CT molecular complexity index is 923. The number of thiophene rings is 1. The summed E-state index contributed by atoms with van der Waals surface area (Å²) < 4.78 is 0. The molecule has 24 heavy (non-hydrogen) atoms. The van der Waals surface area contributed by atoms with Gasteiger partial charge in [-0.2, -0.15) is 0 Å². The zero-order valence-corrected chi connectivity index (χ0v) is 13.6. The molecule has 0 atom stereocenters. The van der Waals surface area contributed by atoms with Gasteiger partial charge in [-0.25, -0.2) is 0 Å². The predicted molar refractivity (Wildman–Crippen MR) is 94.0 cm³/mol. The summed E-state index contributed by atoms with van der Waals surface area (Å²) in [4.78, 5) is 24.1. The van der Waals surface area contributed by atoms with Crippen LogP contribution in [0, 0.1) is 6.92 Å². The quantitative estimate of drug-likeness (QED) is 0.690. The second-order valence-electron chi connectivity index (χ2n) is 5.35. The summed E-state index contributed by atoms with van der Waals surface area (Å²) in [7, 11) is 0. The van der Waals surface area contributed by atoms with Crippen LogP contribution in [0.25, 0.3) is 21.6 Å². The Morgan fingerprint density at radius 2 is 1.58 bits per heavy atom. The molecule has 0 spiro atoms. The second kappa shape index (κ2) is 6.29. The lowest BCUT2D eigenvalue weighted by molar-refractivity contribution is 0.111. The van der Waals surface area contributed by atoms with Gasteiger partial charge in [-0.3, -0.25) is 9.59 Å². The maximum Gasteiger partial charge on any atom is 0.160 e. The van der Waals surface area contributed by atoms with E-state index in [9.17, 15) is 19.8 Å². The first kappa shape index (κ1) is 16.0. The van der Waals surface area contributed by atoms with Crippen molar-refractivity contribution >= 4 is 23.9 Å². The van der Waals surface area contributed by atoms with Crippen molar-refractivity contribution < 1.29 is 19.8 Å². The van der Waals surface area contributed by atoms with Gasteiger partial charge in [-0.1, -0.05) is 6.07 Å². The van der Waals surface area contributed by atoms with Gasteiger partial charge >= 0.3 is 0 Å². The molecule has 0 amide bonds. The molecule has 0 saturated carbocycles. The first-order chi connectivity index (χ1) is 11.5. The molecule has 120 valence electrons. The van der Waals surface area contributed by atoms with E-state index in [2.05, 4.69) is 0 Å². The molecule has 0 bridgehead atoms. The fraction of sp³-hybridized carbons (Fsp3) is 0.0526. The summed E-state index contributed by atoms with van der Waals surface area (Å²) >= 11 is 1.36. The average Bonchev–Trinajstić information content (AvgIpc) is 2.93. The minimum absolute atomic E-state index is 0.0898. The third-order valence-corrected chi connectivity index (χ3v) is 5.12. The van der Waals surface area contributed by atoms with E-state index in [-0.39, 0.29) is 17.1 Å². The van der Waals surface area contributed by atoms with Gasteiger partial charge in [0, 0.05) is 10.4 Å². The molecule has 5 heteroatoms. The van der Waals surface area contributed by atoms with Gasteiger partial charge in [-0.15, -0.1) is 11.3 Å². The largest absolute Gasteiger partial charge is 0.508 e. The van der Waals surface area contributed by atoms with Gasteiger partial charge in [0.1, 0.15) is 11.5 Å². The van der Waals surface area contributed by atoms with E-state index in [4.69, 9.17) is 0 Å². The van der Waals surface area contributed by atoms with Crippen LogP contribution in [0.4, 0.5) is 0 Å². The van der Waals surface area contributed by atoms with Crippen molar-refractivity contribution in [2.75, 3.05) is 0 Å². The van der Waals surface area contributed by atoms with Crippen LogP contribution in [0.1, 0.15) is 25.6 Å². The molecule has 2 aromatic carbocycles. The van der Waals surface area contributed by atoms with Gasteiger partial charge in [0.15, 0.2) is 12.6 Å². The van der Waals surface area contributed by atoms with Crippen molar-refractivity contribution in [3.63, 3.8) is 0 Å². The third kappa shape index (κ3) is 2.70. The molecule has 4 nitrogen and oxygen atoms in total. The number of aromatic hydroxyl groups is 2. The zero-order chi connectivity index (χ0) is 17.3. The molecular weight excluding hydrogens is 324 g/mol. The molecule has 3 rings (SSSR count). The molecule has 1 heterocycles. The smallest absolute Gasteiger partial charge is 0.160 e. The Balaban J connectivity index is 2.20. The number of phenols is 2. The van der Waals surface area contributed by atoms with Crippen LogP contribution in [0.3, 0.4) is 0 Å². The molecule has 0 aliphatic rings. The fourth-order valence-electron chi connectivity index (χ4n) is 2.67. The molecule has 0 saturated heterocycles. The summed E-state index contributed by atoms with van der Waals surface area (Å²) in [6, 6.07) is 11.5. The summed E-state index contributed by atoms with van der Waals surface area (Å²) in [6.45, 7) is 1.91. The van der Waals surface area contributed by atoms with Crippen LogP contribution in [0.5, 0.6) is 11.5 Å². The number of hydrogen-bond acceptors (Lipinski definition) is 5. The van der Waals surface area contributed by atoms with Crippen molar-refractivity contribution in [3.05, 3.63) is 58.5 Å². The lowest BCUT2D eigenvalue weighted by Gasteiger charge is -2.06. The van der Waals surface area contributed by atoms with Crippen LogP contribution in [0.2, 0.25) is 0 Å². The predicted octanol–water partition coefficient (Wildman–Crippen LogP) is 4.43. The molecule has 0 fully saturated rings. The molecule has 0 radical (unpaired) electrons. The maximum absolute atomic E-state index is 11.5. The van der Waals surface area contributed by atoms with Gasteiger partial charge < -0.3 is 10.2 Å². The van der Waals surface area contributed by atoms with E-state index in [0.717, 1.165) is 27.9 Å². The van der Waals surface area contributed by atoms with Crippen molar-refractivity contribution in [1.82, 2.24) is 0 Å². The van der Waals surface area contributed by atoms with Crippen molar-refractivity contribution in [1.29, 1.82) is 0 Å². The van der Waals surface area contributed by atoms with Crippen molar-refractivity contribution in [3.8, 4) is 33.1 Å². The van der Waals surface area contributed by atoms with Crippen molar-refractivity contribution in [2.45, 2.75) is 6.92 Å². The van der Waals surface area contributed by atoms with Gasteiger partial charge in [0.25, 0.3) is 0 Å². The average molecular weight is 338 g/mol. The molecule has 0 aliphatic carbocycles. The highest BCUT2D eigenvalue weighted by molar-refractivity contribution is 7.17. The number of phenolic OH excluding ortho intramolecular Hbond substituents is 2. The maximum atomic E-state index is 11.5. The monoisotopic (exact) mass is 338 g/mol. The minimum atomic E-state index is -0.0898. The van der Waals surface area contributed by atoms with Gasteiger partial charge in [0.05, 0.1) is 10.4 Å². The van der Waals surface area contributed by atoms with Gasteiger partial charge in [0.2, 0.25) is 0 Å². The van der Waals surface area contributed by atoms with Gasteiger partial charge in [-0.05, 0) is 60.0 Å². The number of carbonyl (C=O) groups excluding carboxylic acids is 2. The summed E-state index contributed by atoms with van der Waals surface area (Å²) in [6.07, 6.45) is 1.38. The molecular formula is C19H14O4S. The standard InChI is InChI=1S/C19H14O4S/c1-11-18(13-4-7-16(23)14(8-13)9-20)17(10-21)24-19(11)12-2-5-15(22)6-3-12/h2-10,22-23H,1H3. The second-order valence-corrected chi connectivity index (χ2v) is 6.40. The zero-order valence-electron chi connectivity index (χ0n) is 12.8. The van der Waals surface area contributed by atoms with E-state index >= 15 is 0 Å². The Kier molecular flexibility index (Phi) is 4.18. The highest BCUT2D eigenvalue weighted by atomic mass is 32.1. The molecule has 1 aromatic heterocycles. The SMILES string of the molecule is Cc1c(-c2ccc(O)cc2)sc(C=O)c1-c1ccc(O)c(C=O)c1. The summed E-state index contributed by atoms with van der Waals surface area (Å²) in [5.41, 5.74) is 3.45. The lowest BCUT2D eigenvalue weighted by Crippen LogP contribution is -1.88. The van der Waals surface area contributed by atoms with Crippen LogP contribution >= 0.6 is 11.3 Å².